The van der Waals surface area contributed by atoms with Gasteiger partial charge in [0.2, 0.25) is 11.8 Å². The molecule has 0 radical (unpaired) electrons. The van der Waals surface area contributed by atoms with Gasteiger partial charge in [0, 0.05) is 24.9 Å². The van der Waals surface area contributed by atoms with Crippen LogP contribution in [0.4, 0.5) is 0 Å². The summed E-state index contributed by atoms with van der Waals surface area (Å²) in [6, 6.07) is 0. The van der Waals surface area contributed by atoms with E-state index in [4.69, 9.17) is 4.55 Å². The number of nitrogens with one attached hydrogen (secondary N) is 2. The molecule has 2 atom stereocenters. The number of sulfone groups is 2. The predicted molar refractivity (Wildman–Crippen MR) is 93.2 cm³/mol. The maximum atomic E-state index is 12.0. The third-order valence-corrected chi connectivity index (χ3v) is 6.97. The van der Waals surface area contributed by atoms with Crippen molar-refractivity contribution in [2.24, 2.45) is 5.92 Å². The number of rotatable bonds is 10. The van der Waals surface area contributed by atoms with Crippen LogP contribution in [-0.4, -0.2) is 78.1 Å². The molecule has 0 aromatic carbocycles. The van der Waals surface area contributed by atoms with Gasteiger partial charge in [-0.05, 0) is 0 Å². The molecule has 27 heavy (non-hydrogen) atoms. The van der Waals surface area contributed by atoms with Crippen LogP contribution in [0, 0.1) is 5.92 Å². The van der Waals surface area contributed by atoms with Crippen molar-refractivity contribution in [3.63, 3.8) is 0 Å². The second-order valence-electron chi connectivity index (χ2n) is 5.67. The molecular weight excluding hydrogens is 428 g/mol. The molecule has 0 aromatic heterocycles. The van der Waals surface area contributed by atoms with E-state index in [0.29, 0.717) is 0 Å². The fourth-order valence-electron chi connectivity index (χ4n) is 2.24. The van der Waals surface area contributed by atoms with Crippen LogP contribution in [-0.2, 0) is 43.8 Å². The molecule has 1 saturated heterocycles. The van der Waals surface area contributed by atoms with Crippen molar-refractivity contribution in [3.05, 3.63) is 12.0 Å². The Morgan fingerprint density at radius 1 is 1.15 bits per heavy atom. The lowest BCUT2D eigenvalue weighted by Gasteiger charge is -2.16. The van der Waals surface area contributed by atoms with Crippen molar-refractivity contribution in [2.45, 2.75) is 12.5 Å². The molecule has 1 heterocycles. The van der Waals surface area contributed by atoms with Crippen LogP contribution < -0.4 is 10.6 Å². The maximum absolute atomic E-state index is 12.0. The molecule has 0 spiro atoms. The quantitative estimate of drug-likeness (QED) is 0.236. The van der Waals surface area contributed by atoms with Gasteiger partial charge in [-0.1, -0.05) is 6.58 Å². The molecule has 1 fully saturated rings. The Hall–Kier alpha value is -1.55. The van der Waals surface area contributed by atoms with Crippen molar-refractivity contribution in [1.82, 2.24) is 10.6 Å². The lowest BCUT2D eigenvalue weighted by atomic mass is 10.1. The Kier molecular flexibility index (Phi) is 7.91. The number of carbonyl (C=O) groups is 2. The molecule has 3 N–H and O–H groups in total. The molecule has 2 amide bonds. The van der Waals surface area contributed by atoms with Crippen LogP contribution in [0.5, 0.6) is 0 Å². The van der Waals surface area contributed by atoms with Crippen molar-refractivity contribution < 1.29 is 43.6 Å². The fourth-order valence-corrected chi connectivity index (χ4v) is 5.32. The minimum absolute atomic E-state index is 0.0675. The highest BCUT2D eigenvalue weighted by Crippen LogP contribution is 2.23. The number of carbonyl (C=O) groups excluding carboxylic acids is 2. The maximum Gasteiger partial charge on any atom is 0.397 e. The SMILES string of the molecule is C=CS(=O)(=O)CCC(=O)NCCNC(=O)C1CS(=O)(=O)CC1OS(=O)(=O)O. The highest BCUT2D eigenvalue weighted by molar-refractivity contribution is 7.94. The summed E-state index contributed by atoms with van der Waals surface area (Å²) in [5.41, 5.74) is 0. The van der Waals surface area contributed by atoms with Crippen molar-refractivity contribution in [3.8, 4) is 0 Å². The molecule has 2 unspecified atom stereocenters. The zero-order valence-electron chi connectivity index (χ0n) is 14.0. The Morgan fingerprint density at radius 3 is 2.30 bits per heavy atom. The van der Waals surface area contributed by atoms with Crippen molar-refractivity contribution >= 4 is 41.9 Å². The molecule has 15 heteroatoms. The highest BCUT2D eigenvalue weighted by Gasteiger charge is 2.44. The van der Waals surface area contributed by atoms with Gasteiger partial charge in [0.1, 0.15) is 6.10 Å². The van der Waals surface area contributed by atoms with E-state index in [-0.39, 0.29) is 19.5 Å². The van der Waals surface area contributed by atoms with E-state index in [9.17, 15) is 34.8 Å². The highest BCUT2D eigenvalue weighted by atomic mass is 32.3. The largest absolute Gasteiger partial charge is 0.397 e. The number of amides is 2. The third kappa shape index (κ3) is 8.79. The molecule has 12 nitrogen and oxygen atoms in total. The molecule has 1 aliphatic heterocycles. The fraction of sp³-hybridized carbons (Fsp3) is 0.667. The molecule has 0 aromatic rings. The Labute approximate surface area is 157 Å². The first-order chi connectivity index (χ1) is 12.2. The number of hydrogen-bond acceptors (Lipinski definition) is 9. The van der Waals surface area contributed by atoms with Crippen LogP contribution in [0.2, 0.25) is 0 Å². The third-order valence-electron chi connectivity index (χ3n) is 3.50. The summed E-state index contributed by atoms with van der Waals surface area (Å²) in [6.45, 7) is 2.92. The topological polar surface area (TPSA) is 190 Å². The molecule has 0 bridgehead atoms. The normalized spacial score (nSPS) is 22.1. The van der Waals surface area contributed by atoms with E-state index < -0.39 is 71.2 Å². The molecule has 0 aliphatic carbocycles. The lowest BCUT2D eigenvalue weighted by Crippen LogP contribution is -2.42. The Bertz CT molecular complexity index is 892. The van der Waals surface area contributed by atoms with Gasteiger partial charge in [0.15, 0.2) is 19.7 Å². The van der Waals surface area contributed by atoms with Gasteiger partial charge in [-0.15, -0.1) is 0 Å². The van der Waals surface area contributed by atoms with E-state index in [2.05, 4.69) is 21.4 Å². The average molecular weight is 448 g/mol. The minimum Gasteiger partial charge on any atom is -0.354 e. The van der Waals surface area contributed by atoms with Gasteiger partial charge >= 0.3 is 10.4 Å². The van der Waals surface area contributed by atoms with Gasteiger partial charge in [0.05, 0.1) is 23.2 Å². The molecule has 1 rings (SSSR count). The van der Waals surface area contributed by atoms with Crippen LogP contribution in [0.25, 0.3) is 0 Å². The van der Waals surface area contributed by atoms with Gasteiger partial charge < -0.3 is 10.6 Å². The van der Waals surface area contributed by atoms with Crippen LogP contribution >= 0.6 is 0 Å². The summed E-state index contributed by atoms with van der Waals surface area (Å²) >= 11 is 0. The summed E-state index contributed by atoms with van der Waals surface area (Å²) in [7, 11) is -12.2. The van der Waals surface area contributed by atoms with E-state index >= 15 is 0 Å². The molecule has 0 saturated carbocycles. The van der Waals surface area contributed by atoms with Crippen molar-refractivity contribution in [1.29, 1.82) is 0 Å². The first kappa shape index (κ1) is 23.5. The van der Waals surface area contributed by atoms with Crippen LogP contribution in [0.15, 0.2) is 12.0 Å². The smallest absolute Gasteiger partial charge is 0.354 e. The summed E-state index contributed by atoms with van der Waals surface area (Å²) in [4.78, 5) is 23.5. The lowest BCUT2D eigenvalue weighted by molar-refractivity contribution is -0.126. The predicted octanol–water partition coefficient (Wildman–Crippen LogP) is -2.60. The summed E-state index contributed by atoms with van der Waals surface area (Å²) in [6.07, 6.45) is -1.85. The first-order valence-electron chi connectivity index (χ1n) is 7.50. The van der Waals surface area contributed by atoms with E-state index in [1.807, 2.05) is 0 Å². The molecule has 1 aliphatic rings. The zero-order valence-corrected chi connectivity index (χ0v) is 16.5. The first-order valence-corrected chi connectivity index (χ1v) is 12.4. The standard InChI is InChI=1S/C12H20N2O10S3/c1-2-25(17,18)6-3-11(15)13-4-5-14-12(16)9-7-26(19,20)8-10(9)24-27(21,22)23/h2,9-10H,1,3-8H2,(H,13,15)(H,14,16)(H,21,22,23). The molecular formula is C12H20N2O10S3. The second-order valence-corrected chi connectivity index (χ2v) is 10.9. The van der Waals surface area contributed by atoms with E-state index in [1.165, 1.54) is 0 Å². The zero-order chi connectivity index (χ0) is 20.9. The van der Waals surface area contributed by atoms with Crippen LogP contribution in [0.1, 0.15) is 6.42 Å². The average Bonchev–Trinajstić information content (AvgIpc) is 2.82. The monoisotopic (exact) mass is 448 g/mol. The Morgan fingerprint density at radius 2 is 1.74 bits per heavy atom. The summed E-state index contributed by atoms with van der Waals surface area (Å²) < 4.78 is 80.0. The van der Waals surface area contributed by atoms with E-state index in [1.54, 1.807) is 0 Å². The summed E-state index contributed by atoms with van der Waals surface area (Å²) in [5, 5.41) is 5.40. The van der Waals surface area contributed by atoms with E-state index in [0.717, 1.165) is 5.41 Å². The van der Waals surface area contributed by atoms with Gasteiger partial charge in [-0.25, -0.2) is 21.0 Å². The van der Waals surface area contributed by atoms with Crippen molar-refractivity contribution in [2.75, 3.05) is 30.3 Å². The van der Waals surface area contributed by atoms with Crippen LogP contribution in [0.3, 0.4) is 0 Å². The number of hydrogen-bond donors (Lipinski definition) is 3. The second kappa shape index (κ2) is 9.09. The Balaban J connectivity index is 2.47. The molecule has 156 valence electrons. The van der Waals surface area contributed by atoms with Gasteiger partial charge in [-0.2, -0.15) is 8.42 Å². The summed E-state index contributed by atoms with van der Waals surface area (Å²) in [5.74, 6) is -4.54. The van der Waals surface area contributed by atoms with Gasteiger partial charge in [0.25, 0.3) is 0 Å². The van der Waals surface area contributed by atoms with Gasteiger partial charge in [-0.3, -0.25) is 14.1 Å². The minimum atomic E-state index is -4.94.